The number of nitrogens with one attached hydrogen (secondary N) is 1. The molecule has 1 aromatic carbocycles. The number of carbonyl (C=O) groups excluding carboxylic acids is 1. The molecule has 0 aliphatic heterocycles. The van der Waals surface area contributed by atoms with E-state index in [0.29, 0.717) is 12.3 Å². The Morgan fingerprint density at radius 3 is 2.61 bits per heavy atom. The van der Waals surface area contributed by atoms with Crippen LogP contribution in [0.4, 0.5) is 4.39 Å². The fourth-order valence-electron chi connectivity index (χ4n) is 1.79. The predicted molar refractivity (Wildman–Crippen MR) is 70.4 cm³/mol. The number of halogens is 1. The van der Waals surface area contributed by atoms with E-state index < -0.39 is 6.04 Å². The van der Waals surface area contributed by atoms with Crippen LogP contribution in [0.5, 0.6) is 0 Å². The molecule has 0 spiro atoms. The molecule has 0 aromatic heterocycles. The normalized spacial score (nSPS) is 14.3. The molecule has 3 N–H and O–H groups in total. The van der Waals surface area contributed by atoms with Gasteiger partial charge in [0.1, 0.15) is 5.82 Å². The molecule has 0 aliphatic rings. The van der Waals surface area contributed by atoms with Crippen molar-refractivity contribution in [2.45, 2.75) is 39.3 Å². The molecule has 18 heavy (non-hydrogen) atoms. The van der Waals surface area contributed by atoms with Crippen molar-refractivity contribution in [2.75, 3.05) is 0 Å². The molecule has 1 unspecified atom stereocenters. The Kier molecular flexibility index (Phi) is 5.28. The lowest BCUT2D eigenvalue weighted by atomic mass is 10.0. The minimum Gasteiger partial charge on any atom is -0.348 e. The van der Waals surface area contributed by atoms with Crippen LogP contribution in [0.15, 0.2) is 24.3 Å². The fourth-order valence-corrected chi connectivity index (χ4v) is 1.79. The van der Waals surface area contributed by atoms with E-state index in [-0.39, 0.29) is 17.8 Å². The summed E-state index contributed by atoms with van der Waals surface area (Å²) in [6.45, 7) is 5.85. The average Bonchev–Trinajstić information content (AvgIpc) is 2.27. The average molecular weight is 252 g/mol. The van der Waals surface area contributed by atoms with E-state index in [0.717, 1.165) is 5.56 Å². The lowest BCUT2D eigenvalue weighted by molar-refractivity contribution is -0.123. The lowest BCUT2D eigenvalue weighted by Crippen LogP contribution is -2.42. The molecule has 4 heteroatoms. The molecule has 2 atom stereocenters. The molecule has 0 saturated carbocycles. The number of carbonyl (C=O) groups is 1. The van der Waals surface area contributed by atoms with Crippen molar-refractivity contribution < 1.29 is 9.18 Å². The van der Waals surface area contributed by atoms with Gasteiger partial charge in [0.15, 0.2) is 0 Å². The first-order valence-corrected chi connectivity index (χ1v) is 6.21. The van der Waals surface area contributed by atoms with Gasteiger partial charge in [0.2, 0.25) is 5.91 Å². The summed E-state index contributed by atoms with van der Waals surface area (Å²) in [7, 11) is 0. The van der Waals surface area contributed by atoms with Gasteiger partial charge in [0.05, 0.1) is 12.1 Å². The second-order valence-electron chi connectivity index (χ2n) is 5.02. The summed E-state index contributed by atoms with van der Waals surface area (Å²) in [6, 6.07) is 5.44. The summed E-state index contributed by atoms with van der Waals surface area (Å²) in [5.41, 5.74) is 6.52. The zero-order valence-corrected chi connectivity index (χ0v) is 11.1. The smallest absolute Gasteiger partial charge is 0.237 e. The van der Waals surface area contributed by atoms with Crippen LogP contribution in [0.1, 0.15) is 38.8 Å². The SMILES string of the molecule is CC(C)C[C@@H](N)C(=O)NC(C)c1cccc(F)c1. The Morgan fingerprint density at radius 1 is 1.39 bits per heavy atom. The van der Waals surface area contributed by atoms with Crippen LogP contribution in [0.25, 0.3) is 0 Å². The summed E-state index contributed by atoms with van der Waals surface area (Å²) in [6.07, 6.45) is 0.641. The molecule has 0 heterocycles. The number of nitrogens with two attached hydrogens (primary N) is 1. The Morgan fingerprint density at radius 2 is 2.06 bits per heavy atom. The van der Waals surface area contributed by atoms with Gasteiger partial charge in [0, 0.05) is 0 Å². The fraction of sp³-hybridized carbons (Fsp3) is 0.500. The second kappa shape index (κ2) is 6.50. The van der Waals surface area contributed by atoms with Crippen LogP contribution in [0, 0.1) is 11.7 Å². The van der Waals surface area contributed by atoms with Crippen molar-refractivity contribution in [3.05, 3.63) is 35.6 Å². The minimum absolute atomic E-state index is 0.194. The van der Waals surface area contributed by atoms with Crippen LogP contribution in [-0.4, -0.2) is 11.9 Å². The second-order valence-corrected chi connectivity index (χ2v) is 5.02. The summed E-state index contributed by atoms with van der Waals surface area (Å²) < 4.78 is 13.1. The molecule has 0 fully saturated rings. The quantitative estimate of drug-likeness (QED) is 0.845. The van der Waals surface area contributed by atoms with Gasteiger partial charge in [-0.2, -0.15) is 0 Å². The highest BCUT2D eigenvalue weighted by Crippen LogP contribution is 2.14. The highest BCUT2D eigenvalue weighted by atomic mass is 19.1. The molecule has 0 bridgehead atoms. The molecular formula is C14H21FN2O. The summed E-state index contributed by atoms with van der Waals surface area (Å²) in [5.74, 6) is -0.129. The van der Waals surface area contributed by atoms with E-state index in [1.54, 1.807) is 12.1 Å². The minimum atomic E-state index is -0.513. The predicted octanol–water partition coefficient (Wildman–Crippen LogP) is 2.38. The van der Waals surface area contributed by atoms with Crippen molar-refractivity contribution >= 4 is 5.91 Å². The first-order valence-electron chi connectivity index (χ1n) is 6.21. The molecule has 100 valence electrons. The molecule has 3 nitrogen and oxygen atoms in total. The maximum absolute atomic E-state index is 13.1. The van der Waals surface area contributed by atoms with Crippen LogP contribution < -0.4 is 11.1 Å². The summed E-state index contributed by atoms with van der Waals surface area (Å²) in [4.78, 5) is 11.8. The third-order valence-corrected chi connectivity index (χ3v) is 2.77. The van der Waals surface area contributed by atoms with Gasteiger partial charge < -0.3 is 11.1 Å². The Hall–Kier alpha value is -1.42. The highest BCUT2D eigenvalue weighted by Gasteiger charge is 2.17. The standard InChI is InChI=1S/C14H21FN2O/c1-9(2)7-13(16)14(18)17-10(3)11-5-4-6-12(15)8-11/h4-6,8-10,13H,7,16H2,1-3H3,(H,17,18)/t10?,13-/m1/s1. The van der Waals surface area contributed by atoms with E-state index in [4.69, 9.17) is 5.73 Å². The molecule has 1 aromatic rings. The largest absolute Gasteiger partial charge is 0.348 e. The Balaban J connectivity index is 2.59. The maximum atomic E-state index is 13.1. The third kappa shape index (κ3) is 4.45. The molecule has 0 saturated heterocycles. The topological polar surface area (TPSA) is 55.1 Å². The van der Waals surface area contributed by atoms with Crippen molar-refractivity contribution in [2.24, 2.45) is 11.7 Å². The van der Waals surface area contributed by atoms with Gasteiger partial charge in [-0.3, -0.25) is 4.79 Å². The van der Waals surface area contributed by atoms with Gasteiger partial charge in [-0.05, 0) is 37.0 Å². The lowest BCUT2D eigenvalue weighted by Gasteiger charge is -2.19. The van der Waals surface area contributed by atoms with Crippen LogP contribution in [0.3, 0.4) is 0 Å². The van der Waals surface area contributed by atoms with E-state index >= 15 is 0 Å². The van der Waals surface area contributed by atoms with Gasteiger partial charge in [-0.15, -0.1) is 0 Å². The summed E-state index contributed by atoms with van der Waals surface area (Å²) in [5, 5.41) is 2.80. The number of rotatable bonds is 5. The number of benzene rings is 1. The first-order chi connectivity index (χ1) is 8.40. The van der Waals surface area contributed by atoms with Crippen LogP contribution in [0.2, 0.25) is 0 Å². The number of amides is 1. The van der Waals surface area contributed by atoms with Gasteiger partial charge in [-0.25, -0.2) is 4.39 Å². The molecule has 1 amide bonds. The Bertz CT molecular complexity index is 407. The van der Waals surface area contributed by atoms with Crippen molar-refractivity contribution in [3.8, 4) is 0 Å². The van der Waals surface area contributed by atoms with E-state index in [9.17, 15) is 9.18 Å². The van der Waals surface area contributed by atoms with E-state index in [1.165, 1.54) is 12.1 Å². The van der Waals surface area contributed by atoms with Crippen molar-refractivity contribution in [1.82, 2.24) is 5.32 Å². The van der Waals surface area contributed by atoms with Crippen LogP contribution in [-0.2, 0) is 4.79 Å². The molecular weight excluding hydrogens is 231 g/mol. The highest BCUT2D eigenvalue weighted by molar-refractivity contribution is 5.81. The van der Waals surface area contributed by atoms with Crippen molar-refractivity contribution in [1.29, 1.82) is 0 Å². The van der Waals surface area contributed by atoms with Gasteiger partial charge in [0.25, 0.3) is 0 Å². The van der Waals surface area contributed by atoms with Crippen LogP contribution >= 0.6 is 0 Å². The zero-order valence-electron chi connectivity index (χ0n) is 11.1. The monoisotopic (exact) mass is 252 g/mol. The van der Waals surface area contributed by atoms with Gasteiger partial charge >= 0.3 is 0 Å². The van der Waals surface area contributed by atoms with E-state index in [1.807, 2.05) is 20.8 Å². The Labute approximate surface area is 108 Å². The third-order valence-electron chi connectivity index (χ3n) is 2.77. The molecule has 1 rings (SSSR count). The number of hydrogen-bond acceptors (Lipinski definition) is 2. The summed E-state index contributed by atoms with van der Waals surface area (Å²) >= 11 is 0. The maximum Gasteiger partial charge on any atom is 0.237 e. The first kappa shape index (κ1) is 14.6. The van der Waals surface area contributed by atoms with E-state index in [2.05, 4.69) is 5.32 Å². The van der Waals surface area contributed by atoms with Crippen molar-refractivity contribution in [3.63, 3.8) is 0 Å². The molecule has 0 aliphatic carbocycles. The zero-order chi connectivity index (χ0) is 13.7. The number of hydrogen-bond donors (Lipinski definition) is 2. The molecule has 0 radical (unpaired) electrons. The van der Waals surface area contributed by atoms with Gasteiger partial charge in [-0.1, -0.05) is 26.0 Å².